The third-order valence-electron chi connectivity index (χ3n) is 11.5. The Hall–Kier alpha value is -1.84. The summed E-state index contributed by atoms with van der Waals surface area (Å²) < 4.78 is 0. The quantitative estimate of drug-likeness (QED) is 0.276. The van der Waals surface area contributed by atoms with Gasteiger partial charge in [-0.3, -0.25) is 4.79 Å². The maximum absolute atomic E-state index is 11.5. The number of rotatable bonds is 9. The van der Waals surface area contributed by atoms with Gasteiger partial charge in [0.2, 0.25) is 0 Å². The van der Waals surface area contributed by atoms with Crippen molar-refractivity contribution in [2.24, 2.45) is 45.3 Å². The van der Waals surface area contributed by atoms with E-state index in [-0.39, 0.29) is 28.1 Å². The zero-order valence-corrected chi connectivity index (χ0v) is 21.8. The van der Waals surface area contributed by atoms with Crippen LogP contribution in [0.25, 0.3) is 0 Å². The molecule has 4 rings (SSSR count). The summed E-state index contributed by atoms with van der Waals surface area (Å²) in [7, 11) is 0. The maximum atomic E-state index is 11.5. The first-order valence-corrected chi connectivity index (χ1v) is 13.3. The molecule has 3 saturated carbocycles. The minimum Gasteiger partial charge on any atom is -0.481 e. The highest BCUT2D eigenvalue weighted by molar-refractivity contribution is 5.85. The van der Waals surface area contributed by atoms with Gasteiger partial charge in [0, 0.05) is 17.9 Å². The van der Waals surface area contributed by atoms with Crippen LogP contribution in [0.3, 0.4) is 0 Å². The summed E-state index contributed by atoms with van der Waals surface area (Å²) in [6.45, 7) is 15.5. The number of fused-ring (bicyclic) bond motifs is 2. The monoisotopic (exact) mass is 468 g/mol. The van der Waals surface area contributed by atoms with Crippen molar-refractivity contribution in [3.63, 3.8) is 0 Å². The van der Waals surface area contributed by atoms with E-state index >= 15 is 0 Å². The van der Waals surface area contributed by atoms with Crippen molar-refractivity contribution in [1.29, 1.82) is 0 Å². The van der Waals surface area contributed by atoms with Gasteiger partial charge in [0.05, 0.1) is 0 Å². The fraction of sp³-hybridized carbons (Fsp3) is 0.733. The second-order valence-electron chi connectivity index (χ2n) is 12.8. The molecule has 0 saturated heterocycles. The lowest BCUT2D eigenvalue weighted by Crippen LogP contribution is -2.53. The lowest BCUT2D eigenvalue weighted by atomic mass is 9.45. The molecule has 34 heavy (non-hydrogen) atoms. The van der Waals surface area contributed by atoms with Crippen molar-refractivity contribution in [1.82, 2.24) is 0 Å². The van der Waals surface area contributed by atoms with E-state index in [1.807, 2.05) is 6.08 Å². The second-order valence-corrected chi connectivity index (χ2v) is 12.8. The summed E-state index contributed by atoms with van der Waals surface area (Å²) in [5.41, 5.74) is 2.41. The highest BCUT2D eigenvalue weighted by atomic mass is 16.4. The third kappa shape index (κ3) is 3.45. The van der Waals surface area contributed by atoms with Crippen LogP contribution in [0.5, 0.6) is 0 Å². The molecule has 1 spiro atoms. The Bertz CT molecular complexity index is 945. The first-order chi connectivity index (χ1) is 15.8. The molecule has 4 aliphatic rings. The molecular weight excluding hydrogens is 424 g/mol. The highest BCUT2D eigenvalue weighted by Gasteiger charge is 2.79. The predicted molar refractivity (Wildman–Crippen MR) is 135 cm³/mol. The molecule has 0 heterocycles. The number of carboxylic acids is 2. The first kappa shape index (κ1) is 25.3. The number of carbonyl (C=O) groups is 2. The maximum Gasteiger partial charge on any atom is 0.330 e. The third-order valence-corrected chi connectivity index (χ3v) is 11.5. The predicted octanol–water partition coefficient (Wildman–Crippen LogP) is 7.27. The number of allylic oxidation sites excluding steroid dienone is 4. The van der Waals surface area contributed by atoms with Gasteiger partial charge in [0.1, 0.15) is 0 Å². The Morgan fingerprint density at radius 3 is 2.44 bits per heavy atom. The molecule has 8 atom stereocenters. The van der Waals surface area contributed by atoms with Gasteiger partial charge in [0.25, 0.3) is 0 Å². The molecule has 0 aromatic heterocycles. The van der Waals surface area contributed by atoms with Gasteiger partial charge in [-0.25, -0.2) is 4.79 Å². The average Bonchev–Trinajstić information content (AvgIpc) is 3.35. The highest BCUT2D eigenvalue weighted by Crippen LogP contribution is 2.86. The van der Waals surface area contributed by atoms with Gasteiger partial charge in [-0.1, -0.05) is 51.2 Å². The van der Waals surface area contributed by atoms with Crippen molar-refractivity contribution in [3.05, 3.63) is 36.0 Å². The average molecular weight is 469 g/mol. The lowest BCUT2D eigenvalue weighted by Gasteiger charge is -2.59. The van der Waals surface area contributed by atoms with Gasteiger partial charge < -0.3 is 10.2 Å². The van der Waals surface area contributed by atoms with E-state index in [0.29, 0.717) is 29.2 Å². The summed E-state index contributed by atoms with van der Waals surface area (Å²) >= 11 is 0. The van der Waals surface area contributed by atoms with E-state index in [1.165, 1.54) is 31.3 Å². The van der Waals surface area contributed by atoms with Gasteiger partial charge in [0.15, 0.2) is 0 Å². The number of aliphatic carboxylic acids is 2. The fourth-order valence-corrected chi connectivity index (χ4v) is 9.43. The minimum absolute atomic E-state index is 0.0733. The molecule has 0 aromatic rings. The molecule has 0 aliphatic heterocycles. The van der Waals surface area contributed by atoms with Crippen LogP contribution >= 0.6 is 0 Å². The molecule has 0 amide bonds. The first-order valence-electron chi connectivity index (χ1n) is 13.3. The van der Waals surface area contributed by atoms with Crippen molar-refractivity contribution in [2.45, 2.75) is 92.4 Å². The number of carboxylic acid groups (broad SMARTS) is 2. The molecule has 8 unspecified atom stereocenters. The van der Waals surface area contributed by atoms with Crippen LogP contribution < -0.4 is 0 Å². The number of hydrogen-bond acceptors (Lipinski definition) is 2. The van der Waals surface area contributed by atoms with Crippen LogP contribution in [-0.2, 0) is 9.59 Å². The molecule has 188 valence electrons. The van der Waals surface area contributed by atoms with Crippen molar-refractivity contribution >= 4 is 11.9 Å². The zero-order chi connectivity index (χ0) is 25.1. The Kier molecular flexibility index (Phi) is 6.23. The molecule has 4 nitrogen and oxygen atoms in total. The molecule has 4 aliphatic carbocycles. The van der Waals surface area contributed by atoms with Crippen LogP contribution in [-0.4, -0.2) is 22.2 Å². The zero-order valence-electron chi connectivity index (χ0n) is 21.8. The van der Waals surface area contributed by atoms with E-state index in [1.54, 1.807) is 6.92 Å². The summed E-state index contributed by atoms with van der Waals surface area (Å²) in [6, 6.07) is 0. The Labute approximate surface area is 205 Å². The van der Waals surface area contributed by atoms with E-state index in [2.05, 4.69) is 46.4 Å². The summed E-state index contributed by atoms with van der Waals surface area (Å²) in [6.07, 6.45) is 15.7. The van der Waals surface area contributed by atoms with Crippen LogP contribution in [0.15, 0.2) is 36.0 Å². The van der Waals surface area contributed by atoms with Gasteiger partial charge in [-0.15, -0.1) is 0 Å². The van der Waals surface area contributed by atoms with Gasteiger partial charge in [-0.05, 0) is 105 Å². The van der Waals surface area contributed by atoms with Crippen molar-refractivity contribution in [3.8, 4) is 0 Å². The number of hydrogen-bond donors (Lipinski definition) is 2. The Morgan fingerprint density at radius 2 is 1.82 bits per heavy atom. The van der Waals surface area contributed by atoms with Crippen LogP contribution in [0.2, 0.25) is 0 Å². The molecular formula is C30H44O4. The van der Waals surface area contributed by atoms with E-state index < -0.39 is 11.9 Å². The van der Waals surface area contributed by atoms with Gasteiger partial charge >= 0.3 is 11.9 Å². The van der Waals surface area contributed by atoms with Gasteiger partial charge in [-0.2, -0.15) is 0 Å². The Balaban J connectivity index is 1.59. The Morgan fingerprint density at radius 1 is 1.12 bits per heavy atom. The van der Waals surface area contributed by atoms with E-state index in [0.717, 1.165) is 25.7 Å². The molecule has 3 fully saturated rings. The largest absolute Gasteiger partial charge is 0.481 e. The molecule has 0 radical (unpaired) electrons. The van der Waals surface area contributed by atoms with Crippen molar-refractivity contribution in [2.75, 3.05) is 0 Å². The molecule has 0 bridgehead atoms. The summed E-state index contributed by atoms with van der Waals surface area (Å²) in [4.78, 5) is 22.7. The van der Waals surface area contributed by atoms with Crippen molar-refractivity contribution < 1.29 is 19.8 Å². The van der Waals surface area contributed by atoms with E-state index in [9.17, 15) is 14.7 Å². The van der Waals surface area contributed by atoms with Crippen LogP contribution in [0.1, 0.15) is 92.4 Å². The SMILES string of the molecule is C=C(C)C1C=CC2C3(C)CCC(C(C)CCC=C(C)C(=O)O)C3(C)CCC23CC13CCC(=O)O. The normalized spacial score (nSPS) is 43.4. The van der Waals surface area contributed by atoms with E-state index in [4.69, 9.17) is 5.11 Å². The minimum atomic E-state index is -0.821. The second kappa shape index (κ2) is 8.38. The summed E-state index contributed by atoms with van der Waals surface area (Å²) in [5.74, 6) is 0.513. The lowest BCUT2D eigenvalue weighted by molar-refractivity contribution is -0.138. The smallest absolute Gasteiger partial charge is 0.330 e. The van der Waals surface area contributed by atoms with Crippen LogP contribution in [0.4, 0.5) is 0 Å². The fourth-order valence-electron chi connectivity index (χ4n) is 9.43. The topological polar surface area (TPSA) is 74.6 Å². The standard InChI is InChI=1S/C30H44O4/c1-19(2)22-10-11-24-28(6)14-12-23(20(3)8-7-9-21(4)26(33)34)27(28,5)16-17-30(24)18-29(22,30)15-13-25(31)32/h9-11,20,22-24H,1,7-8,12-18H2,2-6H3,(H,31,32)(H,33,34). The molecule has 4 heteroatoms. The van der Waals surface area contributed by atoms with Crippen LogP contribution in [0, 0.1) is 45.3 Å². The summed E-state index contributed by atoms with van der Waals surface area (Å²) in [5, 5.41) is 18.6. The molecule has 2 N–H and O–H groups in total. The molecule has 0 aromatic carbocycles.